The highest BCUT2D eigenvalue weighted by molar-refractivity contribution is 5.88. The molecule has 0 unspecified atom stereocenters. The molecule has 0 aliphatic rings. The third-order valence-corrected chi connectivity index (χ3v) is 3.85. The van der Waals surface area contributed by atoms with Crippen LogP contribution in [0.3, 0.4) is 0 Å². The summed E-state index contributed by atoms with van der Waals surface area (Å²) >= 11 is 0. The largest absolute Gasteiger partial charge is 0.353 e. The molecule has 0 aromatic carbocycles. The quantitative estimate of drug-likeness (QED) is 0.229. The zero-order valence-electron chi connectivity index (χ0n) is 15.9. The zero-order valence-corrected chi connectivity index (χ0v) is 15.9. The topological polar surface area (TPSA) is 67.2 Å². The van der Waals surface area contributed by atoms with E-state index in [1.54, 1.807) is 6.08 Å². The number of nitrogens with one attached hydrogen (secondary N) is 2. The fourth-order valence-corrected chi connectivity index (χ4v) is 2.38. The van der Waals surface area contributed by atoms with Gasteiger partial charge in [-0.05, 0) is 64.2 Å². The number of hydrogen-bond acceptors (Lipinski definition) is 3. The number of amides is 1. The first kappa shape index (κ1) is 22.9. The molecule has 0 aromatic rings. The first-order valence-corrected chi connectivity index (χ1v) is 9.74. The first-order chi connectivity index (χ1) is 11.7. The lowest BCUT2D eigenvalue weighted by atomic mass is 10.1. The monoisotopic (exact) mass is 337 g/mol. The van der Waals surface area contributed by atoms with Crippen LogP contribution in [0, 0.1) is 0 Å². The SMILES string of the molecule is CCCCCCCC=CC(C)=CC(=O)NCCCCNCCCN. The zero-order chi connectivity index (χ0) is 17.9. The molecule has 0 spiro atoms. The van der Waals surface area contributed by atoms with Crippen molar-refractivity contribution in [3.8, 4) is 0 Å². The van der Waals surface area contributed by atoms with E-state index in [-0.39, 0.29) is 5.91 Å². The predicted molar refractivity (Wildman–Crippen MR) is 105 cm³/mol. The summed E-state index contributed by atoms with van der Waals surface area (Å²) in [5, 5.41) is 6.28. The molecule has 0 bridgehead atoms. The van der Waals surface area contributed by atoms with E-state index < -0.39 is 0 Å². The van der Waals surface area contributed by atoms with Gasteiger partial charge in [-0.25, -0.2) is 0 Å². The summed E-state index contributed by atoms with van der Waals surface area (Å²) in [4.78, 5) is 11.8. The number of unbranched alkanes of at least 4 members (excludes halogenated alkanes) is 6. The van der Waals surface area contributed by atoms with Gasteiger partial charge in [-0.2, -0.15) is 0 Å². The Kier molecular flexibility index (Phi) is 17.4. The van der Waals surface area contributed by atoms with Gasteiger partial charge in [-0.15, -0.1) is 0 Å². The average molecular weight is 338 g/mol. The van der Waals surface area contributed by atoms with Crippen LogP contribution < -0.4 is 16.4 Å². The molecule has 1 amide bonds. The fraction of sp³-hybridized carbons (Fsp3) is 0.750. The molecule has 140 valence electrons. The third-order valence-electron chi connectivity index (χ3n) is 3.85. The number of hydrogen-bond donors (Lipinski definition) is 3. The number of carbonyl (C=O) groups is 1. The van der Waals surface area contributed by atoms with Gasteiger partial charge in [0.05, 0.1) is 0 Å². The molecule has 0 heterocycles. The van der Waals surface area contributed by atoms with Gasteiger partial charge in [0, 0.05) is 12.6 Å². The van der Waals surface area contributed by atoms with Crippen LogP contribution in [0.25, 0.3) is 0 Å². The van der Waals surface area contributed by atoms with Crippen LogP contribution in [-0.2, 0) is 4.79 Å². The lowest BCUT2D eigenvalue weighted by Crippen LogP contribution is -2.24. The van der Waals surface area contributed by atoms with Crippen LogP contribution in [0.4, 0.5) is 0 Å². The number of allylic oxidation sites excluding steroid dienone is 3. The summed E-state index contributed by atoms with van der Waals surface area (Å²) < 4.78 is 0. The highest BCUT2D eigenvalue weighted by Gasteiger charge is 1.96. The molecular formula is C20H39N3O. The minimum Gasteiger partial charge on any atom is -0.353 e. The van der Waals surface area contributed by atoms with Crippen molar-refractivity contribution in [1.82, 2.24) is 10.6 Å². The summed E-state index contributed by atoms with van der Waals surface area (Å²) in [5.41, 5.74) is 6.45. The van der Waals surface area contributed by atoms with E-state index in [2.05, 4.69) is 29.7 Å². The van der Waals surface area contributed by atoms with E-state index in [1.807, 2.05) is 6.92 Å². The van der Waals surface area contributed by atoms with Crippen molar-refractivity contribution in [1.29, 1.82) is 0 Å². The first-order valence-electron chi connectivity index (χ1n) is 9.74. The lowest BCUT2D eigenvalue weighted by molar-refractivity contribution is -0.116. The van der Waals surface area contributed by atoms with Gasteiger partial charge in [0.25, 0.3) is 0 Å². The maximum Gasteiger partial charge on any atom is 0.244 e. The predicted octanol–water partition coefficient (Wildman–Crippen LogP) is 3.68. The van der Waals surface area contributed by atoms with Crippen LogP contribution in [-0.4, -0.2) is 32.1 Å². The summed E-state index contributed by atoms with van der Waals surface area (Å²) in [5.74, 6) is 0.0104. The Morgan fingerprint density at radius 3 is 2.42 bits per heavy atom. The second kappa shape index (κ2) is 18.2. The summed E-state index contributed by atoms with van der Waals surface area (Å²) in [6.45, 7) is 7.67. The van der Waals surface area contributed by atoms with Crippen molar-refractivity contribution in [3.63, 3.8) is 0 Å². The highest BCUT2D eigenvalue weighted by atomic mass is 16.1. The van der Waals surface area contributed by atoms with E-state index in [1.165, 1.54) is 32.1 Å². The van der Waals surface area contributed by atoms with Gasteiger partial charge in [-0.3, -0.25) is 4.79 Å². The van der Waals surface area contributed by atoms with Gasteiger partial charge >= 0.3 is 0 Å². The van der Waals surface area contributed by atoms with Crippen LogP contribution in [0.15, 0.2) is 23.8 Å². The van der Waals surface area contributed by atoms with Crippen LogP contribution >= 0.6 is 0 Å². The highest BCUT2D eigenvalue weighted by Crippen LogP contribution is 2.06. The van der Waals surface area contributed by atoms with Crippen molar-refractivity contribution in [3.05, 3.63) is 23.8 Å². The Labute approximate surface area is 149 Å². The molecule has 0 saturated carbocycles. The Morgan fingerprint density at radius 1 is 0.958 bits per heavy atom. The Bertz CT molecular complexity index is 351. The Balaban J connectivity index is 3.59. The molecule has 0 radical (unpaired) electrons. The average Bonchev–Trinajstić information content (AvgIpc) is 2.56. The molecule has 0 saturated heterocycles. The molecule has 0 atom stereocenters. The molecular weight excluding hydrogens is 298 g/mol. The lowest BCUT2D eigenvalue weighted by Gasteiger charge is -2.04. The molecule has 24 heavy (non-hydrogen) atoms. The molecule has 0 rings (SSSR count). The van der Waals surface area contributed by atoms with E-state index in [0.29, 0.717) is 0 Å². The fourth-order valence-electron chi connectivity index (χ4n) is 2.38. The van der Waals surface area contributed by atoms with Gasteiger partial charge in [0.1, 0.15) is 0 Å². The van der Waals surface area contributed by atoms with E-state index in [9.17, 15) is 4.79 Å². The molecule has 0 aliphatic heterocycles. The van der Waals surface area contributed by atoms with Crippen molar-refractivity contribution in [2.45, 2.75) is 71.6 Å². The third kappa shape index (κ3) is 17.2. The molecule has 0 aromatic heterocycles. The molecule has 4 heteroatoms. The molecule has 0 fully saturated rings. The van der Waals surface area contributed by atoms with Crippen LogP contribution in [0.1, 0.15) is 71.6 Å². The number of nitrogens with two attached hydrogens (primary N) is 1. The van der Waals surface area contributed by atoms with Crippen LogP contribution in [0.5, 0.6) is 0 Å². The summed E-state index contributed by atoms with van der Waals surface area (Å²) in [6, 6.07) is 0. The smallest absolute Gasteiger partial charge is 0.244 e. The van der Waals surface area contributed by atoms with Gasteiger partial charge in [0.2, 0.25) is 5.91 Å². The number of carbonyl (C=O) groups excluding carboxylic acids is 1. The van der Waals surface area contributed by atoms with Crippen molar-refractivity contribution in [2.24, 2.45) is 5.73 Å². The standard InChI is InChI=1S/C20H39N3O/c1-3-4-5-6-7-8-9-13-19(2)18-20(24)23-17-11-10-15-22-16-12-14-21/h9,13,18,22H,3-8,10-12,14-17,21H2,1-2H3,(H,23,24). The minimum atomic E-state index is 0.0104. The minimum absolute atomic E-state index is 0.0104. The van der Waals surface area contributed by atoms with Gasteiger partial charge in [-0.1, -0.05) is 44.8 Å². The second-order valence-electron chi connectivity index (χ2n) is 6.38. The summed E-state index contributed by atoms with van der Waals surface area (Å²) in [7, 11) is 0. The van der Waals surface area contributed by atoms with Crippen molar-refractivity contribution < 1.29 is 4.79 Å². The Hall–Kier alpha value is -1.13. The maximum atomic E-state index is 11.8. The normalized spacial score (nSPS) is 12.0. The van der Waals surface area contributed by atoms with E-state index in [0.717, 1.165) is 57.4 Å². The molecule has 0 aliphatic carbocycles. The molecule has 4 nitrogen and oxygen atoms in total. The van der Waals surface area contributed by atoms with Crippen LogP contribution in [0.2, 0.25) is 0 Å². The van der Waals surface area contributed by atoms with Crippen molar-refractivity contribution >= 4 is 5.91 Å². The Morgan fingerprint density at radius 2 is 1.67 bits per heavy atom. The second-order valence-corrected chi connectivity index (χ2v) is 6.38. The molecule has 4 N–H and O–H groups in total. The van der Waals surface area contributed by atoms with E-state index in [4.69, 9.17) is 5.73 Å². The maximum absolute atomic E-state index is 11.8. The van der Waals surface area contributed by atoms with Gasteiger partial charge in [0.15, 0.2) is 0 Å². The number of rotatable bonds is 16. The van der Waals surface area contributed by atoms with Gasteiger partial charge < -0.3 is 16.4 Å². The van der Waals surface area contributed by atoms with Crippen molar-refractivity contribution in [2.75, 3.05) is 26.2 Å². The van der Waals surface area contributed by atoms with E-state index >= 15 is 0 Å². The summed E-state index contributed by atoms with van der Waals surface area (Å²) in [6.07, 6.45) is 16.6.